The Morgan fingerprint density at radius 2 is 2.12 bits per heavy atom. The predicted molar refractivity (Wildman–Crippen MR) is 111 cm³/mol. The van der Waals surface area contributed by atoms with Crippen molar-refractivity contribution >= 4 is 39.8 Å². The van der Waals surface area contributed by atoms with Crippen LogP contribution in [0.2, 0.25) is 0 Å². The van der Waals surface area contributed by atoms with Gasteiger partial charge in [-0.05, 0) is 37.5 Å². The fraction of sp³-hybridized carbons (Fsp3) is 0.941. The molecule has 25 heavy (non-hydrogen) atoms. The van der Waals surface area contributed by atoms with Gasteiger partial charge in [0, 0.05) is 38.7 Å². The summed E-state index contributed by atoms with van der Waals surface area (Å²) in [4.78, 5) is 7.17. The molecule has 0 aromatic carbocycles. The van der Waals surface area contributed by atoms with Gasteiger partial charge >= 0.3 is 0 Å². The van der Waals surface area contributed by atoms with Gasteiger partial charge < -0.3 is 15.0 Å². The summed E-state index contributed by atoms with van der Waals surface area (Å²) < 4.78 is 28.7. The largest absolute Gasteiger partial charge is 0.381 e. The van der Waals surface area contributed by atoms with E-state index in [1.54, 1.807) is 0 Å². The standard InChI is InChI=1S/C17H31N3O3S.HI/c1-14-3-2-6-20(11-14)17(18-9-15-4-7-23-12-15)19-10-16-5-8-24(21,22)13-16;/h14-16H,2-13H2,1H3,(H,18,19);1H. The number of nitrogens with zero attached hydrogens (tertiary/aromatic N) is 2. The fourth-order valence-electron chi connectivity index (χ4n) is 3.86. The van der Waals surface area contributed by atoms with E-state index in [0.29, 0.717) is 29.9 Å². The molecule has 8 heteroatoms. The van der Waals surface area contributed by atoms with Crippen molar-refractivity contribution in [1.82, 2.24) is 10.2 Å². The van der Waals surface area contributed by atoms with Crippen molar-refractivity contribution < 1.29 is 13.2 Å². The first-order valence-corrected chi connectivity index (χ1v) is 11.2. The second kappa shape index (κ2) is 9.73. The molecule has 0 aliphatic carbocycles. The molecule has 3 saturated heterocycles. The topological polar surface area (TPSA) is 71.0 Å². The maximum Gasteiger partial charge on any atom is 0.193 e. The SMILES string of the molecule is CC1CCCN(C(=NCC2CCS(=O)(=O)C2)NCC2CCOC2)C1.I. The number of aliphatic imine (C=N–C) groups is 1. The van der Waals surface area contributed by atoms with Gasteiger partial charge in [0.2, 0.25) is 0 Å². The van der Waals surface area contributed by atoms with Gasteiger partial charge in [-0.25, -0.2) is 8.42 Å². The Balaban J connectivity index is 0.00000225. The number of nitrogens with one attached hydrogen (secondary N) is 1. The minimum atomic E-state index is -2.82. The molecular formula is C17H32IN3O3S. The zero-order valence-corrected chi connectivity index (χ0v) is 18.3. The van der Waals surface area contributed by atoms with Gasteiger partial charge in [-0.2, -0.15) is 0 Å². The van der Waals surface area contributed by atoms with Crippen molar-refractivity contribution in [3.05, 3.63) is 0 Å². The number of likely N-dealkylation sites (tertiary alicyclic amines) is 1. The maximum atomic E-state index is 11.6. The first kappa shape index (κ1) is 21.2. The van der Waals surface area contributed by atoms with Crippen molar-refractivity contribution in [3.63, 3.8) is 0 Å². The third kappa shape index (κ3) is 6.53. The highest BCUT2D eigenvalue weighted by molar-refractivity contribution is 14.0. The van der Waals surface area contributed by atoms with E-state index in [-0.39, 0.29) is 29.9 Å². The monoisotopic (exact) mass is 485 g/mol. The Kier molecular flexibility index (Phi) is 8.26. The van der Waals surface area contributed by atoms with E-state index in [9.17, 15) is 8.42 Å². The zero-order valence-electron chi connectivity index (χ0n) is 15.2. The molecule has 3 aliphatic rings. The van der Waals surface area contributed by atoms with Crippen LogP contribution in [-0.2, 0) is 14.6 Å². The zero-order chi connectivity index (χ0) is 17.0. The van der Waals surface area contributed by atoms with Crippen molar-refractivity contribution in [3.8, 4) is 0 Å². The van der Waals surface area contributed by atoms with Crippen molar-refractivity contribution in [1.29, 1.82) is 0 Å². The molecule has 0 spiro atoms. The van der Waals surface area contributed by atoms with Gasteiger partial charge in [0.15, 0.2) is 15.8 Å². The smallest absolute Gasteiger partial charge is 0.193 e. The molecule has 3 unspecified atom stereocenters. The highest BCUT2D eigenvalue weighted by atomic mass is 127. The fourth-order valence-corrected chi connectivity index (χ4v) is 5.71. The average Bonchev–Trinajstić information content (AvgIpc) is 3.17. The molecule has 0 amide bonds. The van der Waals surface area contributed by atoms with E-state index >= 15 is 0 Å². The van der Waals surface area contributed by atoms with Crippen LogP contribution < -0.4 is 5.32 Å². The van der Waals surface area contributed by atoms with E-state index < -0.39 is 9.84 Å². The summed E-state index contributed by atoms with van der Waals surface area (Å²) in [5.41, 5.74) is 0. The normalized spacial score (nSPS) is 32.4. The van der Waals surface area contributed by atoms with Gasteiger partial charge in [0.25, 0.3) is 0 Å². The van der Waals surface area contributed by atoms with Crippen LogP contribution in [0.3, 0.4) is 0 Å². The maximum absolute atomic E-state index is 11.6. The molecule has 0 radical (unpaired) electrons. The van der Waals surface area contributed by atoms with Crippen LogP contribution in [0.15, 0.2) is 4.99 Å². The number of halogens is 1. The van der Waals surface area contributed by atoms with E-state index in [0.717, 1.165) is 51.6 Å². The number of ether oxygens (including phenoxy) is 1. The quantitative estimate of drug-likeness (QED) is 0.374. The van der Waals surface area contributed by atoms with Crippen LogP contribution in [0.1, 0.15) is 32.6 Å². The molecule has 1 N–H and O–H groups in total. The second-order valence-corrected chi connectivity index (χ2v) is 9.97. The van der Waals surface area contributed by atoms with E-state index in [1.165, 1.54) is 12.8 Å². The summed E-state index contributed by atoms with van der Waals surface area (Å²) in [5.74, 6) is 3.03. The summed E-state index contributed by atoms with van der Waals surface area (Å²) in [6, 6.07) is 0. The van der Waals surface area contributed by atoms with Crippen LogP contribution in [0.25, 0.3) is 0 Å². The summed E-state index contributed by atoms with van der Waals surface area (Å²) in [7, 11) is -2.82. The summed E-state index contributed by atoms with van der Waals surface area (Å²) in [6.07, 6.45) is 4.34. The van der Waals surface area contributed by atoms with Crippen molar-refractivity contribution in [2.75, 3.05) is 50.9 Å². The Labute approximate surface area is 169 Å². The number of sulfone groups is 1. The number of rotatable bonds is 4. The molecule has 3 rings (SSSR count). The highest BCUT2D eigenvalue weighted by Gasteiger charge is 2.28. The van der Waals surface area contributed by atoms with Crippen molar-refractivity contribution in [2.24, 2.45) is 22.7 Å². The molecule has 0 aromatic rings. The third-order valence-corrected chi connectivity index (χ3v) is 7.19. The molecule has 3 heterocycles. The minimum Gasteiger partial charge on any atom is -0.381 e. The lowest BCUT2D eigenvalue weighted by molar-refractivity contribution is 0.185. The van der Waals surface area contributed by atoms with Crippen LogP contribution in [0.4, 0.5) is 0 Å². The number of hydrogen-bond acceptors (Lipinski definition) is 4. The Morgan fingerprint density at radius 3 is 2.76 bits per heavy atom. The molecular weight excluding hydrogens is 453 g/mol. The van der Waals surface area contributed by atoms with Gasteiger partial charge in [-0.15, -0.1) is 24.0 Å². The van der Waals surface area contributed by atoms with E-state index in [4.69, 9.17) is 9.73 Å². The summed E-state index contributed by atoms with van der Waals surface area (Å²) in [6.45, 7) is 7.58. The Hall–Kier alpha value is -0.0900. The molecule has 3 atom stereocenters. The Bertz CT molecular complexity index is 549. The first-order chi connectivity index (χ1) is 11.5. The molecule has 6 nitrogen and oxygen atoms in total. The molecule has 0 aromatic heterocycles. The number of piperidine rings is 1. The number of guanidine groups is 1. The highest BCUT2D eigenvalue weighted by Crippen LogP contribution is 2.20. The van der Waals surface area contributed by atoms with E-state index in [2.05, 4.69) is 17.1 Å². The summed E-state index contributed by atoms with van der Waals surface area (Å²) in [5, 5.41) is 3.54. The lowest BCUT2D eigenvalue weighted by Crippen LogP contribution is -2.47. The Morgan fingerprint density at radius 1 is 1.28 bits per heavy atom. The van der Waals surface area contributed by atoms with Gasteiger partial charge in [0.1, 0.15) is 0 Å². The van der Waals surface area contributed by atoms with Gasteiger partial charge in [-0.3, -0.25) is 4.99 Å². The molecule has 3 aliphatic heterocycles. The van der Waals surface area contributed by atoms with Crippen LogP contribution in [0.5, 0.6) is 0 Å². The van der Waals surface area contributed by atoms with E-state index in [1.807, 2.05) is 0 Å². The first-order valence-electron chi connectivity index (χ1n) is 9.33. The van der Waals surface area contributed by atoms with Crippen LogP contribution in [-0.4, -0.2) is 70.2 Å². The molecule has 0 saturated carbocycles. The number of hydrogen-bond donors (Lipinski definition) is 1. The lowest BCUT2D eigenvalue weighted by Gasteiger charge is -2.34. The molecule has 3 fully saturated rings. The second-order valence-electron chi connectivity index (χ2n) is 7.74. The van der Waals surface area contributed by atoms with Gasteiger partial charge in [-0.1, -0.05) is 6.92 Å². The average molecular weight is 485 g/mol. The summed E-state index contributed by atoms with van der Waals surface area (Å²) >= 11 is 0. The predicted octanol–water partition coefficient (Wildman–Crippen LogP) is 1.75. The molecule has 146 valence electrons. The minimum absolute atomic E-state index is 0. The van der Waals surface area contributed by atoms with Crippen molar-refractivity contribution in [2.45, 2.75) is 32.6 Å². The third-order valence-electron chi connectivity index (χ3n) is 5.36. The van der Waals surface area contributed by atoms with Gasteiger partial charge in [0.05, 0.1) is 18.1 Å². The van der Waals surface area contributed by atoms with Crippen LogP contribution in [0, 0.1) is 17.8 Å². The van der Waals surface area contributed by atoms with Crippen LogP contribution >= 0.6 is 24.0 Å². The molecule has 0 bridgehead atoms. The lowest BCUT2D eigenvalue weighted by atomic mass is 10.0.